The molecule has 3 rings (SSSR count). The van der Waals surface area contributed by atoms with Crippen LogP contribution in [0.15, 0.2) is 30.5 Å². The molecule has 4 nitrogen and oxygen atoms in total. The van der Waals surface area contributed by atoms with Gasteiger partial charge in [-0.15, -0.1) is 0 Å². The van der Waals surface area contributed by atoms with Crippen LogP contribution in [0.1, 0.15) is 11.4 Å². The zero-order valence-electron chi connectivity index (χ0n) is 10.9. The van der Waals surface area contributed by atoms with Gasteiger partial charge in [0.25, 0.3) is 0 Å². The molecule has 1 atom stereocenters. The van der Waals surface area contributed by atoms with Crippen LogP contribution in [0.4, 0.5) is 5.69 Å². The fraction of sp³-hybridized carbons (Fsp3) is 0.357. The first-order valence-corrected chi connectivity index (χ1v) is 6.77. The molecule has 1 aromatic carbocycles. The molecule has 0 amide bonds. The Morgan fingerprint density at radius 3 is 2.95 bits per heavy atom. The Kier molecular flexibility index (Phi) is 3.21. The quantitative estimate of drug-likeness (QED) is 0.912. The van der Waals surface area contributed by atoms with E-state index in [1.54, 1.807) is 6.20 Å². The molecule has 0 spiro atoms. The van der Waals surface area contributed by atoms with E-state index in [1.165, 1.54) is 11.3 Å². The van der Waals surface area contributed by atoms with Crippen molar-refractivity contribution in [1.29, 1.82) is 0 Å². The van der Waals surface area contributed by atoms with Crippen LogP contribution in [0.3, 0.4) is 0 Å². The number of nitrogens with zero attached hydrogens (tertiary/aromatic N) is 3. The predicted octanol–water partition coefficient (Wildman–Crippen LogP) is 1.96. The van der Waals surface area contributed by atoms with Gasteiger partial charge in [0.2, 0.25) is 0 Å². The molecule has 5 heteroatoms. The van der Waals surface area contributed by atoms with Crippen LogP contribution in [0.5, 0.6) is 0 Å². The summed E-state index contributed by atoms with van der Waals surface area (Å²) in [5.41, 5.74) is 8.70. The second kappa shape index (κ2) is 4.87. The van der Waals surface area contributed by atoms with Crippen molar-refractivity contribution in [2.24, 2.45) is 12.8 Å². The summed E-state index contributed by atoms with van der Waals surface area (Å²) >= 11 is 6.03. The maximum Gasteiger partial charge on any atom is 0.129 e. The molecule has 0 bridgehead atoms. The van der Waals surface area contributed by atoms with Crippen molar-refractivity contribution in [1.82, 2.24) is 9.55 Å². The third-order valence-electron chi connectivity index (χ3n) is 3.63. The van der Waals surface area contributed by atoms with E-state index >= 15 is 0 Å². The summed E-state index contributed by atoms with van der Waals surface area (Å²) in [6, 6.07) is 8.59. The largest absolute Gasteiger partial charge is 0.362 e. The first-order valence-electron chi connectivity index (χ1n) is 6.39. The minimum absolute atomic E-state index is 0.172. The van der Waals surface area contributed by atoms with E-state index in [1.807, 2.05) is 11.6 Å². The number of aromatic nitrogens is 2. The summed E-state index contributed by atoms with van der Waals surface area (Å²) in [6.07, 6.45) is 2.63. The van der Waals surface area contributed by atoms with Crippen LogP contribution in [0.25, 0.3) is 0 Å². The average molecular weight is 277 g/mol. The molecule has 0 aliphatic carbocycles. The molecule has 1 unspecified atom stereocenters. The van der Waals surface area contributed by atoms with Gasteiger partial charge in [0.05, 0.1) is 12.7 Å². The van der Waals surface area contributed by atoms with E-state index in [0.717, 1.165) is 25.3 Å². The molecule has 0 saturated carbocycles. The molecule has 1 aliphatic rings. The van der Waals surface area contributed by atoms with Crippen LogP contribution in [0, 0.1) is 0 Å². The lowest BCUT2D eigenvalue weighted by atomic mass is 9.98. The number of halogens is 1. The fourth-order valence-corrected chi connectivity index (χ4v) is 2.76. The number of nitrogens with two attached hydrogens (primary N) is 1. The van der Waals surface area contributed by atoms with Crippen molar-refractivity contribution in [3.05, 3.63) is 47.0 Å². The van der Waals surface area contributed by atoms with Gasteiger partial charge in [-0.2, -0.15) is 0 Å². The molecule has 2 N–H and O–H groups in total. The van der Waals surface area contributed by atoms with Gasteiger partial charge < -0.3 is 15.2 Å². The molecule has 19 heavy (non-hydrogen) atoms. The smallest absolute Gasteiger partial charge is 0.129 e. The lowest BCUT2D eigenvalue weighted by molar-refractivity contribution is 0.585. The van der Waals surface area contributed by atoms with Crippen molar-refractivity contribution < 1.29 is 0 Å². The SMILES string of the molecule is Cn1c(Cl)cnc1CN1CC(N)Cc2ccccc21. The first-order chi connectivity index (χ1) is 9.15. The molecule has 0 saturated heterocycles. The Hall–Kier alpha value is -1.52. The first kappa shape index (κ1) is 12.5. The second-order valence-electron chi connectivity index (χ2n) is 5.03. The van der Waals surface area contributed by atoms with Crippen LogP contribution in [-0.2, 0) is 20.0 Å². The van der Waals surface area contributed by atoms with E-state index in [0.29, 0.717) is 5.15 Å². The van der Waals surface area contributed by atoms with Gasteiger partial charge in [-0.1, -0.05) is 29.8 Å². The zero-order valence-corrected chi connectivity index (χ0v) is 11.6. The Labute approximate surface area is 117 Å². The Bertz CT molecular complexity index is 593. The highest BCUT2D eigenvalue weighted by Gasteiger charge is 2.22. The summed E-state index contributed by atoms with van der Waals surface area (Å²) < 4.78 is 1.91. The highest BCUT2D eigenvalue weighted by Crippen LogP contribution is 2.27. The third kappa shape index (κ3) is 2.33. The molecule has 0 fully saturated rings. The van der Waals surface area contributed by atoms with E-state index in [-0.39, 0.29) is 6.04 Å². The van der Waals surface area contributed by atoms with Crippen LogP contribution < -0.4 is 10.6 Å². The lowest BCUT2D eigenvalue weighted by Crippen LogP contribution is -2.43. The van der Waals surface area contributed by atoms with Crippen molar-refractivity contribution in [3.63, 3.8) is 0 Å². The topological polar surface area (TPSA) is 47.1 Å². The van der Waals surface area contributed by atoms with E-state index in [9.17, 15) is 0 Å². The highest BCUT2D eigenvalue weighted by atomic mass is 35.5. The van der Waals surface area contributed by atoms with Gasteiger partial charge in [0.15, 0.2) is 0 Å². The average Bonchev–Trinajstić information content (AvgIpc) is 2.70. The predicted molar refractivity (Wildman–Crippen MR) is 77.4 cm³/mol. The minimum atomic E-state index is 0.172. The minimum Gasteiger partial charge on any atom is -0.362 e. The summed E-state index contributed by atoms with van der Waals surface area (Å²) in [5.74, 6) is 0.953. The van der Waals surface area contributed by atoms with Gasteiger partial charge in [0, 0.05) is 25.3 Å². The Morgan fingerprint density at radius 2 is 2.21 bits per heavy atom. The monoisotopic (exact) mass is 276 g/mol. The van der Waals surface area contributed by atoms with Gasteiger partial charge in [-0.3, -0.25) is 0 Å². The third-order valence-corrected chi connectivity index (χ3v) is 3.98. The molecule has 1 aromatic heterocycles. The standard InChI is InChI=1S/C14H17ClN4/c1-18-13(15)7-17-14(18)9-19-8-11(16)6-10-4-2-3-5-12(10)19/h2-5,7,11H,6,8-9,16H2,1H3. The maximum atomic E-state index is 6.14. The normalized spacial score (nSPS) is 18.5. The van der Waals surface area contributed by atoms with Crippen LogP contribution in [-0.4, -0.2) is 22.1 Å². The van der Waals surface area contributed by atoms with Crippen molar-refractivity contribution in [2.75, 3.05) is 11.4 Å². The number of benzene rings is 1. The van der Waals surface area contributed by atoms with Crippen LogP contribution in [0.2, 0.25) is 5.15 Å². The maximum absolute atomic E-state index is 6.14. The van der Waals surface area contributed by atoms with Crippen LogP contribution >= 0.6 is 11.6 Å². The lowest BCUT2D eigenvalue weighted by Gasteiger charge is -2.34. The highest BCUT2D eigenvalue weighted by molar-refractivity contribution is 6.29. The number of anilines is 1. The number of fused-ring (bicyclic) bond motifs is 1. The van der Waals surface area contributed by atoms with E-state index in [2.05, 4.69) is 34.1 Å². The van der Waals surface area contributed by atoms with Crippen molar-refractivity contribution in [3.8, 4) is 0 Å². The molecule has 2 heterocycles. The van der Waals surface area contributed by atoms with Gasteiger partial charge in [0.1, 0.15) is 11.0 Å². The summed E-state index contributed by atoms with van der Waals surface area (Å²) in [7, 11) is 1.93. The zero-order chi connectivity index (χ0) is 13.4. The fourth-order valence-electron chi connectivity index (χ4n) is 2.61. The van der Waals surface area contributed by atoms with Crippen molar-refractivity contribution >= 4 is 17.3 Å². The van der Waals surface area contributed by atoms with Gasteiger partial charge in [-0.05, 0) is 18.1 Å². The number of rotatable bonds is 2. The molecule has 0 radical (unpaired) electrons. The van der Waals surface area contributed by atoms with E-state index in [4.69, 9.17) is 17.3 Å². The van der Waals surface area contributed by atoms with Gasteiger partial charge >= 0.3 is 0 Å². The Balaban J connectivity index is 1.91. The molecule has 1 aliphatic heterocycles. The van der Waals surface area contributed by atoms with Crippen molar-refractivity contribution in [2.45, 2.75) is 19.0 Å². The molecular formula is C14H17ClN4. The molecular weight excluding hydrogens is 260 g/mol. The summed E-state index contributed by atoms with van der Waals surface area (Å²) in [5, 5.41) is 0.657. The van der Waals surface area contributed by atoms with Gasteiger partial charge in [-0.25, -0.2) is 4.98 Å². The number of hydrogen-bond donors (Lipinski definition) is 1. The number of para-hydroxylation sites is 1. The second-order valence-corrected chi connectivity index (χ2v) is 5.42. The van der Waals surface area contributed by atoms with E-state index < -0.39 is 0 Å². The molecule has 100 valence electrons. The Morgan fingerprint density at radius 1 is 1.42 bits per heavy atom. The molecule has 2 aromatic rings. The summed E-state index contributed by atoms with van der Waals surface area (Å²) in [6.45, 7) is 1.58. The summed E-state index contributed by atoms with van der Waals surface area (Å²) in [4.78, 5) is 6.64. The number of hydrogen-bond acceptors (Lipinski definition) is 3. The number of imidazole rings is 1.